The van der Waals surface area contributed by atoms with Crippen molar-refractivity contribution in [3.63, 3.8) is 0 Å². The molecule has 26 heavy (non-hydrogen) atoms. The number of aliphatic carboxylic acids is 2. The van der Waals surface area contributed by atoms with Gasteiger partial charge in [-0.2, -0.15) is 0 Å². The van der Waals surface area contributed by atoms with Crippen LogP contribution in [0, 0.1) is 5.92 Å². The van der Waals surface area contributed by atoms with Gasteiger partial charge >= 0.3 is 11.9 Å². The molecule has 2 aliphatic heterocycles. The van der Waals surface area contributed by atoms with E-state index < -0.39 is 11.9 Å². The summed E-state index contributed by atoms with van der Waals surface area (Å²) in [5, 5.41) is 15.9. The number of halogens is 2. The number of carboxylic acids is 2. The molecule has 0 spiro atoms. The molecule has 0 saturated carbocycles. The molecule has 3 rings (SSSR count). The van der Waals surface area contributed by atoms with E-state index in [0.29, 0.717) is 10.0 Å². The first-order valence-electron chi connectivity index (χ1n) is 8.54. The molecule has 2 saturated heterocycles. The molecule has 2 atom stereocenters. The molecule has 144 valence electrons. The summed E-state index contributed by atoms with van der Waals surface area (Å²) in [5.74, 6) is -2.02. The lowest BCUT2D eigenvalue weighted by atomic mass is 9.89. The van der Waals surface area contributed by atoms with Gasteiger partial charge in [0.2, 0.25) is 0 Å². The fourth-order valence-electron chi connectivity index (χ4n) is 3.67. The Bertz CT molecular complexity index is 628. The van der Waals surface area contributed by atoms with Crippen LogP contribution in [0.1, 0.15) is 32.1 Å². The summed E-state index contributed by atoms with van der Waals surface area (Å²) in [4.78, 5) is 20.8. The zero-order chi connectivity index (χ0) is 19.3. The lowest BCUT2D eigenvalue weighted by molar-refractivity contribution is -0.159. The molecule has 0 radical (unpaired) electrons. The molecule has 2 bridgehead atoms. The number of carboxylic acid groups (broad SMARTS) is 2. The Morgan fingerprint density at radius 1 is 1.12 bits per heavy atom. The second-order valence-electron chi connectivity index (χ2n) is 6.71. The first-order chi connectivity index (χ1) is 12.3. The van der Waals surface area contributed by atoms with E-state index in [2.05, 4.69) is 11.9 Å². The van der Waals surface area contributed by atoms with Crippen molar-refractivity contribution in [2.24, 2.45) is 5.92 Å². The average Bonchev–Trinajstić information content (AvgIpc) is 2.80. The van der Waals surface area contributed by atoms with E-state index in [0.717, 1.165) is 36.8 Å². The number of hydrogen-bond donors (Lipinski definition) is 2. The molecule has 2 unspecified atom stereocenters. The predicted molar refractivity (Wildman–Crippen MR) is 99.1 cm³/mol. The molecule has 2 fully saturated rings. The maximum absolute atomic E-state index is 9.10. The summed E-state index contributed by atoms with van der Waals surface area (Å²) >= 11 is 11.9. The van der Waals surface area contributed by atoms with E-state index >= 15 is 0 Å². The van der Waals surface area contributed by atoms with E-state index in [4.69, 9.17) is 47.7 Å². The van der Waals surface area contributed by atoms with Crippen LogP contribution in [0.2, 0.25) is 10.0 Å². The normalized spacial score (nSPS) is 24.5. The van der Waals surface area contributed by atoms with Crippen molar-refractivity contribution in [2.75, 3.05) is 13.7 Å². The molecule has 2 heterocycles. The van der Waals surface area contributed by atoms with Crippen molar-refractivity contribution in [3.05, 3.63) is 28.2 Å². The fraction of sp³-hybridized carbons (Fsp3) is 0.556. The molecule has 0 aromatic heterocycles. The Morgan fingerprint density at radius 2 is 1.69 bits per heavy atom. The first kappa shape index (κ1) is 20.8. The summed E-state index contributed by atoms with van der Waals surface area (Å²) in [6.07, 6.45) is 6.56. The van der Waals surface area contributed by atoms with Gasteiger partial charge in [-0.3, -0.25) is 0 Å². The Balaban J connectivity index is 0.000000352. The van der Waals surface area contributed by atoms with Gasteiger partial charge in [0, 0.05) is 18.2 Å². The highest BCUT2D eigenvalue weighted by atomic mass is 35.5. The van der Waals surface area contributed by atoms with Crippen LogP contribution in [-0.2, 0) is 9.59 Å². The summed E-state index contributed by atoms with van der Waals surface area (Å²) in [7, 11) is 2.28. The highest BCUT2D eigenvalue weighted by molar-refractivity contribution is 6.42. The third-order valence-electron chi connectivity index (χ3n) is 5.06. The summed E-state index contributed by atoms with van der Waals surface area (Å²) in [6, 6.07) is 7.08. The Kier molecular flexibility index (Phi) is 7.55. The lowest BCUT2D eigenvalue weighted by Gasteiger charge is -2.36. The van der Waals surface area contributed by atoms with E-state index in [1.54, 1.807) is 12.1 Å². The zero-order valence-corrected chi connectivity index (χ0v) is 16.0. The monoisotopic (exact) mass is 403 g/mol. The van der Waals surface area contributed by atoms with Crippen molar-refractivity contribution in [3.8, 4) is 5.75 Å². The number of fused-ring (bicyclic) bond motifs is 2. The smallest absolute Gasteiger partial charge is 0.414 e. The van der Waals surface area contributed by atoms with Crippen LogP contribution in [0.5, 0.6) is 5.75 Å². The van der Waals surface area contributed by atoms with Gasteiger partial charge in [-0.15, -0.1) is 0 Å². The van der Waals surface area contributed by atoms with Crippen molar-refractivity contribution in [1.82, 2.24) is 4.90 Å². The highest BCUT2D eigenvalue weighted by Crippen LogP contribution is 2.38. The Hall–Kier alpha value is -1.50. The molecule has 0 amide bonds. The third-order valence-corrected chi connectivity index (χ3v) is 5.80. The van der Waals surface area contributed by atoms with Gasteiger partial charge in [0.25, 0.3) is 0 Å². The molecule has 2 N–H and O–H groups in total. The minimum absolute atomic E-state index is 0.557. The van der Waals surface area contributed by atoms with Crippen LogP contribution in [-0.4, -0.2) is 52.8 Å². The van der Waals surface area contributed by atoms with E-state index in [9.17, 15) is 0 Å². The summed E-state index contributed by atoms with van der Waals surface area (Å²) < 4.78 is 5.81. The second-order valence-corrected chi connectivity index (χ2v) is 7.53. The van der Waals surface area contributed by atoms with Gasteiger partial charge in [-0.1, -0.05) is 23.2 Å². The van der Waals surface area contributed by atoms with Crippen LogP contribution in [0.15, 0.2) is 18.2 Å². The Morgan fingerprint density at radius 3 is 2.19 bits per heavy atom. The number of nitrogens with zero attached hydrogens (tertiary/aromatic N) is 1. The van der Waals surface area contributed by atoms with Gasteiger partial charge in [0.05, 0.1) is 16.7 Å². The van der Waals surface area contributed by atoms with Crippen LogP contribution in [0.25, 0.3) is 0 Å². The van der Waals surface area contributed by atoms with Crippen LogP contribution in [0.3, 0.4) is 0 Å². The van der Waals surface area contributed by atoms with Crippen LogP contribution in [0.4, 0.5) is 0 Å². The number of hydrogen-bond acceptors (Lipinski definition) is 4. The second kappa shape index (κ2) is 9.44. The lowest BCUT2D eigenvalue weighted by Crippen LogP contribution is -2.40. The van der Waals surface area contributed by atoms with Crippen molar-refractivity contribution >= 4 is 35.1 Å². The van der Waals surface area contributed by atoms with E-state index in [1.807, 2.05) is 6.07 Å². The fourth-order valence-corrected chi connectivity index (χ4v) is 3.96. The topological polar surface area (TPSA) is 87.1 Å². The number of benzene rings is 1. The van der Waals surface area contributed by atoms with Crippen molar-refractivity contribution in [1.29, 1.82) is 0 Å². The number of ether oxygens (including phenoxy) is 1. The number of rotatable bonds is 4. The molecular weight excluding hydrogens is 381 g/mol. The molecule has 0 aliphatic carbocycles. The SMILES string of the molecule is CN1C2CCC1CC(CCOc1ccc(Cl)c(Cl)c1)C2.O=C(O)C(=O)O. The van der Waals surface area contributed by atoms with Crippen molar-refractivity contribution in [2.45, 2.75) is 44.2 Å². The average molecular weight is 404 g/mol. The molecule has 8 heteroatoms. The highest BCUT2D eigenvalue weighted by Gasteiger charge is 2.37. The van der Waals surface area contributed by atoms with E-state index in [-0.39, 0.29) is 0 Å². The van der Waals surface area contributed by atoms with Crippen molar-refractivity contribution < 1.29 is 24.5 Å². The Labute approximate surface area is 162 Å². The van der Waals surface area contributed by atoms with Gasteiger partial charge in [0.1, 0.15) is 5.75 Å². The molecule has 2 aliphatic rings. The molecule has 6 nitrogen and oxygen atoms in total. The predicted octanol–water partition coefficient (Wildman–Crippen LogP) is 3.79. The third kappa shape index (κ3) is 5.76. The summed E-state index contributed by atoms with van der Waals surface area (Å²) in [6.45, 7) is 0.770. The van der Waals surface area contributed by atoms with Gasteiger partial charge in [-0.25, -0.2) is 9.59 Å². The molecule has 1 aromatic carbocycles. The molecular formula is C18H23Cl2NO5. The quantitative estimate of drug-likeness (QED) is 0.743. The zero-order valence-electron chi connectivity index (χ0n) is 14.5. The number of carbonyl (C=O) groups is 2. The largest absolute Gasteiger partial charge is 0.494 e. The van der Waals surface area contributed by atoms with Gasteiger partial charge in [-0.05, 0) is 57.2 Å². The van der Waals surface area contributed by atoms with Crippen LogP contribution >= 0.6 is 23.2 Å². The maximum atomic E-state index is 9.10. The standard InChI is InChI=1S/C16H21Cl2NO.C2H2O4/c1-19-12-2-3-13(19)9-11(8-12)6-7-20-14-4-5-15(17)16(18)10-14;3-1(4)2(5)6/h4-5,10-13H,2-3,6-9H2,1H3;(H,3,4)(H,5,6). The van der Waals surface area contributed by atoms with E-state index in [1.165, 1.54) is 25.7 Å². The van der Waals surface area contributed by atoms with Crippen LogP contribution < -0.4 is 4.74 Å². The maximum Gasteiger partial charge on any atom is 0.414 e. The summed E-state index contributed by atoms with van der Waals surface area (Å²) in [5.41, 5.74) is 0. The van der Waals surface area contributed by atoms with Gasteiger partial charge in [0.15, 0.2) is 0 Å². The minimum atomic E-state index is -1.82. The first-order valence-corrected chi connectivity index (χ1v) is 9.29. The minimum Gasteiger partial charge on any atom is -0.494 e. The van der Waals surface area contributed by atoms with Gasteiger partial charge < -0.3 is 19.8 Å². The number of piperidine rings is 1. The molecule has 1 aromatic rings.